The smallest absolute Gasteiger partial charge is 0.185 e. The van der Waals surface area contributed by atoms with Gasteiger partial charge in [-0.1, -0.05) is 43.9 Å². The molecule has 0 N–H and O–H groups in total. The van der Waals surface area contributed by atoms with Crippen LogP contribution in [0.2, 0.25) is 0 Å². The number of hydrogen-bond donors (Lipinski definition) is 0. The molecule has 0 unspecified atom stereocenters. The van der Waals surface area contributed by atoms with Crippen LogP contribution in [0.25, 0.3) is 6.08 Å². The van der Waals surface area contributed by atoms with Crippen LogP contribution in [0.5, 0.6) is 11.5 Å². The summed E-state index contributed by atoms with van der Waals surface area (Å²) in [5.41, 5.74) is 5.48. The van der Waals surface area contributed by atoms with Crippen LogP contribution in [-0.2, 0) is 0 Å². The number of piperazine rings is 2. The maximum Gasteiger partial charge on any atom is 0.185 e. The molecule has 2 fully saturated rings. The number of terminal acetylenes is 2. The van der Waals surface area contributed by atoms with E-state index in [4.69, 9.17) is 22.3 Å². The van der Waals surface area contributed by atoms with Crippen molar-refractivity contribution < 1.29 is 23.9 Å². The zero-order valence-corrected chi connectivity index (χ0v) is 34.9. The van der Waals surface area contributed by atoms with Gasteiger partial charge in [0.05, 0.1) is 0 Å². The number of hydrogen-bond acceptors (Lipinski definition) is 9. The Morgan fingerprint density at radius 1 is 0.593 bits per heavy atom. The van der Waals surface area contributed by atoms with E-state index in [0.717, 1.165) is 75.5 Å². The Morgan fingerprint density at radius 2 is 1.00 bits per heavy atom. The van der Waals surface area contributed by atoms with E-state index in [9.17, 15) is 14.4 Å². The predicted molar refractivity (Wildman–Crippen MR) is 241 cm³/mol. The van der Waals surface area contributed by atoms with Crippen LogP contribution in [0, 0.1) is 24.7 Å². The fourth-order valence-electron chi connectivity index (χ4n) is 6.67. The van der Waals surface area contributed by atoms with Crippen molar-refractivity contribution in [1.82, 2.24) is 9.80 Å². The number of carbonyl (C=O) groups excluding carboxylic acids is 3. The van der Waals surface area contributed by atoms with Gasteiger partial charge in [0.15, 0.2) is 11.6 Å². The van der Waals surface area contributed by atoms with E-state index in [1.165, 1.54) is 37.3 Å². The Labute approximate surface area is 351 Å². The van der Waals surface area contributed by atoms with Gasteiger partial charge in [-0.2, -0.15) is 0 Å². The van der Waals surface area contributed by atoms with Gasteiger partial charge in [-0.05, 0) is 129 Å². The molecule has 0 amide bonds. The first-order valence-corrected chi connectivity index (χ1v) is 20.4. The lowest BCUT2D eigenvalue weighted by molar-refractivity contribution is 0.101. The second-order valence-electron chi connectivity index (χ2n) is 14.2. The van der Waals surface area contributed by atoms with Crippen LogP contribution < -0.4 is 19.3 Å². The van der Waals surface area contributed by atoms with Gasteiger partial charge in [0.25, 0.3) is 0 Å². The molecule has 6 rings (SSSR count). The molecule has 9 heteroatoms. The summed E-state index contributed by atoms with van der Waals surface area (Å²) in [7, 11) is 0. The zero-order valence-electron chi connectivity index (χ0n) is 34.9. The molecule has 0 atom stereocenters. The first-order chi connectivity index (χ1) is 28.8. The molecule has 0 bridgehead atoms. The fraction of sp³-hybridized carbons (Fsp3) is 0.340. The summed E-state index contributed by atoms with van der Waals surface area (Å²) in [6, 6.07) is 30.2. The molecule has 2 heterocycles. The van der Waals surface area contributed by atoms with Gasteiger partial charge in [0.1, 0.15) is 31.0 Å². The Kier molecular flexibility index (Phi) is 19.5. The van der Waals surface area contributed by atoms with Gasteiger partial charge in [-0.15, -0.1) is 12.8 Å². The summed E-state index contributed by atoms with van der Waals surface area (Å²) in [5.74, 6) is 6.32. The molecule has 2 aliphatic rings. The van der Waals surface area contributed by atoms with Crippen LogP contribution in [-0.4, -0.2) is 106 Å². The number of carbonyl (C=O) groups is 3. The average molecular weight is 795 g/mol. The first-order valence-electron chi connectivity index (χ1n) is 20.4. The summed E-state index contributed by atoms with van der Waals surface area (Å²) in [5, 5.41) is 0. The van der Waals surface area contributed by atoms with E-state index in [2.05, 4.69) is 57.4 Å². The molecule has 9 nitrogen and oxygen atoms in total. The number of allylic oxidation sites excluding steroid dienone is 1. The van der Waals surface area contributed by atoms with E-state index < -0.39 is 0 Å². The SMILES string of the molecule is C#CCOc1ccc(/C=C/C(=O)c2ccc(N3CCN(CCC)CC3)cc2)cc1.C#CCOc1ccc(C=O)cc1.CCCN1CCN(c2ccc(C(C)=O)cc2)CC1. The van der Waals surface area contributed by atoms with Crippen molar-refractivity contribution >= 4 is 35.3 Å². The number of anilines is 2. The molecule has 59 heavy (non-hydrogen) atoms. The molecule has 0 spiro atoms. The van der Waals surface area contributed by atoms with Gasteiger partial charge >= 0.3 is 0 Å². The van der Waals surface area contributed by atoms with Crippen LogP contribution in [0.4, 0.5) is 11.4 Å². The molecule has 308 valence electrons. The quantitative estimate of drug-likeness (QED) is 0.0514. The van der Waals surface area contributed by atoms with Crippen LogP contribution in [0.15, 0.2) is 103 Å². The minimum atomic E-state index is -0.00280. The van der Waals surface area contributed by atoms with Gasteiger partial charge in [0.2, 0.25) is 0 Å². The van der Waals surface area contributed by atoms with E-state index in [1.807, 2.05) is 66.7 Å². The van der Waals surface area contributed by atoms with Crippen LogP contribution in [0.3, 0.4) is 0 Å². The van der Waals surface area contributed by atoms with E-state index >= 15 is 0 Å². The second kappa shape index (κ2) is 25.3. The summed E-state index contributed by atoms with van der Waals surface area (Å²) >= 11 is 0. The molecular weight excluding hydrogens is 737 g/mol. The minimum Gasteiger partial charge on any atom is -0.481 e. The van der Waals surface area contributed by atoms with Gasteiger partial charge < -0.3 is 19.3 Å². The molecule has 2 aliphatic heterocycles. The van der Waals surface area contributed by atoms with Crippen molar-refractivity contribution in [2.24, 2.45) is 0 Å². The lowest BCUT2D eigenvalue weighted by atomic mass is 10.1. The van der Waals surface area contributed by atoms with Gasteiger partial charge in [-0.3, -0.25) is 24.2 Å². The molecule has 0 radical (unpaired) electrons. The third-order valence-corrected chi connectivity index (χ3v) is 9.95. The van der Waals surface area contributed by atoms with Crippen molar-refractivity contribution in [2.75, 3.05) is 88.5 Å². The Morgan fingerprint density at radius 3 is 1.37 bits per heavy atom. The molecule has 2 saturated heterocycles. The highest BCUT2D eigenvalue weighted by Crippen LogP contribution is 2.20. The second-order valence-corrected chi connectivity index (χ2v) is 14.2. The number of ether oxygens (including phenoxy) is 2. The molecular formula is C50H58N4O5. The largest absolute Gasteiger partial charge is 0.481 e. The number of ketones is 2. The summed E-state index contributed by atoms with van der Waals surface area (Å²) in [6.45, 7) is 17.7. The third-order valence-electron chi connectivity index (χ3n) is 9.95. The summed E-state index contributed by atoms with van der Waals surface area (Å²) in [4.78, 5) is 43.8. The molecule has 0 aliphatic carbocycles. The molecule has 4 aromatic carbocycles. The normalized spacial score (nSPS) is 14.1. The minimum absolute atomic E-state index is 0.00280. The van der Waals surface area contributed by atoms with E-state index in [0.29, 0.717) is 16.9 Å². The number of rotatable bonds is 15. The number of Topliss-reactive ketones (excluding diaryl/α,β-unsaturated/α-hetero) is 1. The van der Waals surface area contributed by atoms with Crippen molar-refractivity contribution in [1.29, 1.82) is 0 Å². The summed E-state index contributed by atoms with van der Waals surface area (Å²) in [6.07, 6.45) is 16.8. The number of benzene rings is 4. The standard InChI is InChI=1S/C25H28N2O2.C15H22N2O.C10H8O2/c1-3-15-26-16-18-27(19-17-26)23-10-8-22(9-11-23)25(28)14-7-21-5-12-24(13-6-21)29-20-4-2;1-3-8-16-9-11-17(12-10-16)15-6-4-14(5-7-15)13(2)18;1-2-7-12-10-5-3-9(8-11)4-6-10/h2,5-14H,3,15-20H2,1H3;4-7H,3,8-12H2,1-2H3;1,3-6,8H,7H2/b14-7+;;. The van der Waals surface area contributed by atoms with Crippen LogP contribution >= 0.6 is 0 Å². The number of nitrogens with zero attached hydrogens (tertiary/aromatic N) is 4. The van der Waals surface area contributed by atoms with Gasteiger partial charge in [0, 0.05) is 80.4 Å². The zero-order chi connectivity index (χ0) is 42.2. The van der Waals surface area contributed by atoms with Crippen molar-refractivity contribution in [3.63, 3.8) is 0 Å². The molecule has 0 saturated carbocycles. The predicted octanol–water partition coefficient (Wildman–Crippen LogP) is 8.06. The maximum absolute atomic E-state index is 12.5. The van der Waals surface area contributed by atoms with Crippen molar-refractivity contribution in [3.05, 3.63) is 125 Å². The fourth-order valence-corrected chi connectivity index (χ4v) is 6.67. The van der Waals surface area contributed by atoms with Crippen LogP contribution in [0.1, 0.15) is 70.3 Å². The Bertz CT molecular complexity index is 1980. The highest BCUT2D eigenvalue weighted by Gasteiger charge is 2.18. The Hall–Kier alpha value is -6.13. The topological polar surface area (TPSA) is 82.6 Å². The van der Waals surface area contributed by atoms with E-state index in [-0.39, 0.29) is 24.8 Å². The highest BCUT2D eigenvalue weighted by atomic mass is 16.5. The lowest BCUT2D eigenvalue weighted by Gasteiger charge is -2.36. The Balaban J connectivity index is 0.000000217. The monoisotopic (exact) mass is 794 g/mol. The van der Waals surface area contributed by atoms with E-state index in [1.54, 1.807) is 37.3 Å². The number of aldehydes is 1. The highest BCUT2D eigenvalue weighted by molar-refractivity contribution is 6.07. The summed E-state index contributed by atoms with van der Waals surface area (Å²) < 4.78 is 10.5. The molecule has 4 aromatic rings. The molecule has 0 aromatic heterocycles. The average Bonchev–Trinajstić information content (AvgIpc) is 3.28. The third kappa shape index (κ3) is 15.6. The van der Waals surface area contributed by atoms with Crippen molar-refractivity contribution in [3.8, 4) is 36.2 Å². The van der Waals surface area contributed by atoms with Crippen molar-refractivity contribution in [2.45, 2.75) is 33.6 Å². The first kappa shape index (κ1) is 45.6. The van der Waals surface area contributed by atoms with Gasteiger partial charge in [-0.25, -0.2) is 0 Å². The maximum atomic E-state index is 12.5. The lowest BCUT2D eigenvalue weighted by Crippen LogP contribution is -2.46.